The van der Waals surface area contributed by atoms with Crippen LogP contribution < -0.4 is 18.9 Å². The van der Waals surface area contributed by atoms with Gasteiger partial charge in [0.2, 0.25) is 4.90 Å². The highest BCUT2D eigenvalue weighted by Crippen LogP contribution is 2.43. The van der Waals surface area contributed by atoms with Gasteiger partial charge in [0.1, 0.15) is 28.1 Å². The van der Waals surface area contributed by atoms with Crippen molar-refractivity contribution in [2.24, 2.45) is 0 Å². The maximum absolute atomic E-state index is 5.96. The zero-order valence-corrected chi connectivity index (χ0v) is 50.4. The molecule has 0 aliphatic rings. The van der Waals surface area contributed by atoms with Crippen LogP contribution in [-0.4, -0.2) is 28.4 Å². The summed E-state index contributed by atoms with van der Waals surface area (Å²) in [7, 11) is 6.28. The SMILES string of the molecule is COc1cc([S+](c2ccc(-c3ccccc3)cc2)c2ccccc2OC)ccc1Sc1ccc(-c2ccccc2)cc1.COc1cccc(-c2ccc(Sc3ccc([S+](c4ccccc4)c4ccc(-c5cccc(OC)c5)cc4)cc3)cc2)c1. The van der Waals surface area contributed by atoms with E-state index in [1.807, 2.05) is 48.5 Å². The molecule has 0 spiro atoms. The molecule has 84 heavy (non-hydrogen) atoms. The molecule has 0 heterocycles. The molecule has 412 valence electrons. The molecule has 4 nitrogen and oxygen atoms in total. The summed E-state index contributed by atoms with van der Waals surface area (Å²) in [6.07, 6.45) is 0. The van der Waals surface area contributed by atoms with Crippen LogP contribution in [0.25, 0.3) is 44.5 Å². The Morgan fingerprint density at radius 2 is 0.595 bits per heavy atom. The van der Waals surface area contributed by atoms with E-state index in [1.54, 1.807) is 52.0 Å². The van der Waals surface area contributed by atoms with Crippen LogP contribution in [0, 0.1) is 0 Å². The highest BCUT2D eigenvalue weighted by Gasteiger charge is 2.33. The molecule has 12 rings (SSSR count). The van der Waals surface area contributed by atoms with Gasteiger partial charge in [-0.25, -0.2) is 0 Å². The molecule has 8 heteroatoms. The maximum atomic E-state index is 5.96. The van der Waals surface area contributed by atoms with Crippen molar-refractivity contribution < 1.29 is 18.9 Å². The van der Waals surface area contributed by atoms with E-state index < -0.39 is 10.9 Å². The molecule has 0 bridgehead atoms. The van der Waals surface area contributed by atoms with Crippen molar-refractivity contribution in [2.75, 3.05) is 28.4 Å². The highest BCUT2D eigenvalue weighted by atomic mass is 32.2. The van der Waals surface area contributed by atoms with E-state index in [9.17, 15) is 0 Å². The van der Waals surface area contributed by atoms with E-state index in [1.165, 1.54) is 72.5 Å². The molecule has 0 aliphatic heterocycles. The zero-order valence-electron chi connectivity index (χ0n) is 47.1. The molecule has 2 unspecified atom stereocenters. The first-order valence-corrected chi connectivity index (χ1v) is 31.6. The molecule has 2 atom stereocenters. The van der Waals surface area contributed by atoms with Gasteiger partial charge in [0.25, 0.3) is 0 Å². The van der Waals surface area contributed by atoms with Crippen molar-refractivity contribution in [3.8, 4) is 67.5 Å². The smallest absolute Gasteiger partial charge is 0.208 e. The molecule has 0 aliphatic carbocycles. The number of hydrogen-bond donors (Lipinski definition) is 0. The molecule has 0 saturated carbocycles. The first kappa shape index (κ1) is 57.1. The van der Waals surface area contributed by atoms with Crippen LogP contribution in [0.4, 0.5) is 0 Å². The number of benzene rings is 12. The lowest BCUT2D eigenvalue weighted by Crippen LogP contribution is -2.07. The van der Waals surface area contributed by atoms with Gasteiger partial charge in [-0.2, -0.15) is 0 Å². The second-order valence-electron chi connectivity index (χ2n) is 19.4. The number of methoxy groups -OCH3 is 4. The minimum atomic E-state index is -0.396. The summed E-state index contributed by atoms with van der Waals surface area (Å²) in [6.45, 7) is 0. The second kappa shape index (κ2) is 28.0. The van der Waals surface area contributed by atoms with Crippen LogP contribution in [0.2, 0.25) is 0 Å². The molecule has 0 amide bonds. The molecule has 12 aromatic rings. The Morgan fingerprint density at radius 1 is 0.238 bits per heavy atom. The van der Waals surface area contributed by atoms with Crippen LogP contribution >= 0.6 is 23.5 Å². The Labute approximate surface area is 508 Å². The van der Waals surface area contributed by atoms with Gasteiger partial charge in [-0.3, -0.25) is 0 Å². The Bertz CT molecular complexity index is 4030. The average molecular weight is 1170 g/mol. The van der Waals surface area contributed by atoms with Gasteiger partial charge in [0.05, 0.1) is 44.2 Å². The number of para-hydroxylation sites is 1. The first-order valence-electron chi connectivity index (χ1n) is 27.5. The fourth-order valence-electron chi connectivity index (χ4n) is 9.77. The van der Waals surface area contributed by atoms with Crippen molar-refractivity contribution in [3.05, 3.63) is 303 Å². The topological polar surface area (TPSA) is 36.9 Å². The summed E-state index contributed by atoms with van der Waals surface area (Å²) in [6, 6.07) is 107. The zero-order chi connectivity index (χ0) is 57.5. The third kappa shape index (κ3) is 14.0. The van der Waals surface area contributed by atoms with E-state index in [0.29, 0.717) is 0 Å². The van der Waals surface area contributed by atoms with E-state index in [-0.39, 0.29) is 10.9 Å². The van der Waals surface area contributed by atoms with Gasteiger partial charge >= 0.3 is 0 Å². The quantitative estimate of drug-likeness (QED) is 0.0797. The van der Waals surface area contributed by atoms with Gasteiger partial charge in [-0.15, -0.1) is 0 Å². The molecular formula is C76H62O4S4+2. The number of hydrogen-bond acceptors (Lipinski definition) is 6. The number of rotatable bonds is 18. The molecule has 12 aromatic carbocycles. The summed E-state index contributed by atoms with van der Waals surface area (Å²) in [4.78, 5) is 12.1. The van der Waals surface area contributed by atoms with Gasteiger partial charge in [-0.05, 0) is 202 Å². The summed E-state index contributed by atoms with van der Waals surface area (Å²) in [5.41, 5.74) is 9.50. The molecular weight excluding hydrogens is 1110 g/mol. The first-order chi connectivity index (χ1) is 41.4. The lowest BCUT2D eigenvalue weighted by molar-refractivity contribution is 0.403. The number of ether oxygens (including phenoxy) is 4. The monoisotopic (exact) mass is 1170 g/mol. The van der Waals surface area contributed by atoms with Crippen molar-refractivity contribution in [1.29, 1.82) is 0 Å². The Morgan fingerprint density at radius 3 is 1.08 bits per heavy atom. The van der Waals surface area contributed by atoms with Crippen LogP contribution in [0.3, 0.4) is 0 Å². The van der Waals surface area contributed by atoms with E-state index in [4.69, 9.17) is 18.9 Å². The normalized spacial score (nSPS) is 11.6. The summed E-state index contributed by atoms with van der Waals surface area (Å²) in [5, 5.41) is 0. The summed E-state index contributed by atoms with van der Waals surface area (Å²) >= 11 is 3.50. The van der Waals surface area contributed by atoms with Crippen LogP contribution in [0.15, 0.2) is 352 Å². The predicted molar refractivity (Wildman–Crippen MR) is 352 cm³/mol. The van der Waals surface area contributed by atoms with Crippen LogP contribution in [-0.2, 0) is 21.8 Å². The summed E-state index contributed by atoms with van der Waals surface area (Å²) < 4.78 is 22.6. The van der Waals surface area contributed by atoms with Crippen molar-refractivity contribution in [2.45, 2.75) is 49.0 Å². The van der Waals surface area contributed by atoms with E-state index in [0.717, 1.165) is 43.9 Å². The minimum Gasteiger partial charge on any atom is -0.497 e. The lowest BCUT2D eigenvalue weighted by Gasteiger charge is -2.14. The third-order valence-electron chi connectivity index (χ3n) is 14.1. The van der Waals surface area contributed by atoms with Gasteiger partial charge in [0, 0.05) is 20.8 Å². The fraction of sp³-hybridized carbons (Fsp3) is 0.0526. The average Bonchev–Trinajstić information content (AvgIpc) is 3.60. The second-order valence-corrected chi connectivity index (χ2v) is 25.6. The minimum absolute atomic E-state index is 0.211. The fourth-order valence-corrected chi connectivity index (χ4v) is 15.7. The third-order valence-corrected chi connectivity index (χ3v) is 20.6. The van der Waals surface area contributed by atoms with Crippen molar-refractivity contribution >= 4 is 45.3 Å². The molecule has 0 radical (unpaired) electrons. The molecule has 0 aromatic heterocycles. The van der Waals surface area contributed by atoms with Gasteiger partial charge in [0.15, 0.2) is 30.2 Å². The predicted octanol–water partition coefficient (Wildman–Crippen LogP) is 20.6. The van der Waals surface area contributed by atoms with Gasteiger partial charge < -0.3 is 18.9 Å². The Balaban J connectivity index is 0.000000175. The summed E-state index contributed by atoms with van der Waals surface area (Å²) in [5.74, 6) is 3.47. The van der Waals surface area contributed by atoms with Crippen molar-refractivity contribution in [3.63, 3.8) is 0 Å². The maximum Gasteiger partial charge on any atom is 0.208 e. The molecule has 0 saturated heterocycles. The van der Waals surface area contributed by atoms with E-state index >= 15 is 0 Å². The van der Waals surface area contributed by atoms with Gasteiger partial charge in [-0.1, -0.05) is 163 Å². The van der Waals surface area contributed by atoms with Crippen molar-refractivity contribution in [1.82, 2.24) is 0 Å². The lowest BCUT2D eigenvalue weighted by atomic mass is 10.1. The standard InChI is InChI=1S/2C38H31O2S2/c1-39-35-15-9-10-16-38(35)42(33-23-19-31(20-24-33)29-13-7-4-8-14-29)34-25-26-37(36(27-34)40-2)41-32-21-17-30(18-22-32)28-11-5-3-6-12-28;1-39-32-10-6-8-30(26-32)28-14-18-34(19-15-28)41-35-20-24-38(25-21-35)42(36-12-4-3-5-13-36)37-22-16-29(17-23-37)31-9-7-11-33(27-31)40-2/h2*3-27H,1-2H3/q2*+1. The molecule has 0 N–H and O–H groups in total. The highest BCUT2D eigenvalue weighted by molar-refractivity contribution is 8.00. The van der Waals surface area contributed by atoms with Crippen LogP contribution in [0.1, 0.15) is 0 Å². The Kier molecular flexibility index (Phi) is 19.0. The Hall–Kier alpha value is -8.76. The van der Waals surface area contributed by atoms with E-state index in [2.05, 4.69) is 255 Å². The molecule has 0 fully saturated rings. The largest absolute Gasteiger partial charge is 0.497 e. The van der Waals surface area contributed by atoms with Crippen LogP contribution in [0.5, 0.6) is 23.0 Å².